The fourth-order valence-corrected chi connectivity index (χ4v) is 6.42. The predicted molar refractivity (Wildman–Crippen MR) is 103 cm³/mol. The zero-order chi connectivity index (χ0) is 17.7. The first-order chi connectivity index (χ1) is 12.6. The molecule has 4 heterocycles. The van der Waals surface area contributed by atoms with Gasteiger partial charge in [-0.15, -0.1) is 11.3 Å². The third-order valence-electron chi connectivity index (χ3n) is 5.40. The third-order valence-corrected chi connectivity index (χ3v) is 8.28. The van der Waals surface area contributed by atoms with E-state index in [1.807, 2.05) is 29.5 Å². The second kappa shape index (κ2) is 6.13. The number of pyridine rings is 1. The van der Waals surface area contributed by atoms with Gasteiger partial charge in [-0.05, 0) is 35.6 Å². The molecule has 1 aromatic carbocycles. The zero-order valence-electron chi connectivity index (χ0n) is 14.2. The third kappa shape index (κ3) is 2.58. The van der Waals surface area contributed by atoms with Crippen molar-refractivity contribution < 1.29 is 8.42 Å². The summed E-state index contributed by atoms with van der Waals surface area (Å²) >= 11 is 1.83. The van der Waals surface area contributed by atoms with Crippen LogP contribution in [0.4, 0.5) is 0 Å². The molecule has 0 atom stereocenters. The van der Waals surface area contributed by atoms with Crippen LogP contribution >= 0.6 is 11.3 Å². The second-order valence-corrected chi connectivity index (χ2v) is 9.80. The lowest BCUT2D eigenvalue weighted by molar-refractivity contribution is 0.0775. The molecule has 0 amide bonds. The molecular weight excluding hydrogens is 366 g/mol. The summed E-state index contributed by atoms with van der Waals surface area (Å²) in [6.07, 6.45) is 2.72. The number of para-hydroxylation sites is 1. The van der Waals surface area contributed by atoms with Crippen LogP contribution in [0.2, 0.25) is 0 Å². The van der Waals surface area contributed by atoms with E-state index in [4.69, 9.17) is 0 Å². The molecule has 0 aliphatic carbocycles. The summed E-state index contributed by atoms with van der Waals surface area (Å²) in [5, 5.41) is 3.01. The van der Waals surface area contributed by atoms with Gasteiger partial charge in [0.05, 0.1) is 5.52 Å². The maximum atomic E-state index is 13.1. The van der Waals surface area contributed by atoms with Crippen molar-refractivity contribution in [2.24, 2.45) is 0 Å². The molecule has 0 saturated carbocycles. The Morgan fingerprint density at radius 3 is 2.85 bits per heavy atom. The molecule has 0 N–H and O–H groups in total. The van der Waals surface area contributed by atoms with Gasteiger partial charge >= 0.3 is 0 Å². The Hall–Kier alpha value is -1.80. The van der Waals surface area contributed by atoms with Crippen LogP contribution in [0.15, 0.2) is 52.9 Å². The number of benzene rings is 1. The minimum atomic E-state index is -3.50. The normalized spacial score (nSPS) is 19.4. The molecule has 2 aliphatic heterocycles. The number of thiophene rings is 1. The molecule has 1 saturated heterocycles. The lowest BCUT2D eigenvalue weighted by atomic mass is 10.0. The highest BCUT2D eigenvalue weighted by atomic mass is 32.2. The van der Waals surface area contributed by atoms with Gasteiger partial charge in [0.1, 0.15) is 4.90 Å². The topological polar surface area (TPSA) is 53.5 Å². The van der Waals surface area contributed by atoms with Crippen molar-refractivity contribution in [2.45, 2.75) is 23.9 Å². The van der Waals surface area contributed by atoms with Gasteiger partial charge in [-0.2, -0.15) is 4.31 Å². The van der Waals surface area contributed by atoms with Crippen molar-refractivity contribution in [1.29, 1.82) is 0 Å². The average Bonchev–Trinajstić information content (AvgIpc) is 3.07. The van der Waals surface area contributed by atoms with Crippen molar-refractivity contribution in [3.05, 3.63) is 58.4 Å². The standard InChI is InChI=1S/C19H19N3O2S2/c23-26(24,18-5-1-3-14-4-2-8-20-19(14)18)22-12-16(13-22)21-9-6-17-15(11-21)7-10-25-17/h1-5,7-8,10,16H,6,9,11-13H2. The molecule has 134 valence electrons. The molecule has 5 rings (SSSR count). The molecule has 2 aliphatic rings. The summed E-state index contributed by atoms with van der Waals surface area (Å²) in [6, 6.07) is 11.6. The van der Waals surface area contributed by atoms with Crippen LogP contribution in [-0.4, -0.2) is 48.3 Å². The highest BCUT2D eigenvalue weighted by molar-refractivity contribution is 7.89. The first kappa shape index (κ1) is 16.4. The molecule has 0 bridgehead atoms. The van der Waals surface area contributed by atoms with Crippen molar-refractivity contribution in [2.75, 3.05) is 19.6 Å². The van der Waals surface area contributed by atoms with Crippen LogP contribution < -0.4 is 0 Å². The molecule has 2 aromatic heterocycles. The average molecular weight is 386 g/mol. The Balaban J connectivity index is 1.35. The van der Waals surface area contributed by atoms with Gasteiger partial charge in [0, 0.05) is 48.7 Å². The molecule has 0 unspecified atom stereocenters. The number of sulfonamides is 1. The molecule has 26 heavy (non-hydrogen) atoms. The second-order valence-electron chi connectivity index (χ2n) is 6.90. The summed E-state index contributed by atoms with van der Waals surface area (Å²) in [7, 11) is -3.50. The van der Waals surface area contributed by atoms with Crippen LogP contribution in [0.25, 0.3) is 10.9 Å². The largest absolute Gasteiger partial charge is 0.293 e. The quantitative estimate of drug-likeness (QED) is 0.696. The Morgan fingerprint density at radius 1 is 1.12 bits per heavy atom. The van der Waals surface area contributed by atoms with Crippen molar-refractivity contribution in [1.82, 2.24) is 14.2 Å². The van der Waals surface area contributed by atoms with Gasteiger partial charge in [-0.3, -0.25) is 9.88 Å². The van der Waals surface area contributed by atoms with E-state index in [9.17, 15) is 8.42 Å². The lowest BCUT2D eigenvalue weighted by Crippen LogP contribution is -2.61. The Morgan fingerprint density at radius 2 is 1.96 bits per heavy atom. The van der Waals surface area contributed by atoms with E-state index in [0.717, 1.165) is 24.9 Å². The van der Waals surface area contributed by atoms with E-state index >= 15 is 0 Å². The highest BCUT2D eigenvalue weighted by Gasteiger charge is 2.41. The van der Waals surface area contributed by atoms with Gasteiger partial charge in [0.25, 0.3) is 0 Å². The maximum Gasteiger partial charge on any atom is 0.245 e. The van der Waals surface area contributed by atoms with Crippen LogP contribution in [-0.2, 0) is 23.0 Å². The van der Waals surface area contributed by atoms with E-state index < -0.39 is 10.0 Å². The monoisotopic (exact) mass is 385 g/mol. The van der Waals surface area contributed by atoms with E-state index in [1.165, 1.54) is 10.4 Å². The fraction of sp³-hybridized carbons (Fsp3) is 0.316. The number of hydrogen-bond donors (Lipinski definition) is 0. The van der Waals surface area contributed by atoms with Gasteiger partial charge in [-0.1, -0.05) is 18.2 Å². The summed E-state index contributed by atoms with van der Waals surface area (Å²) in [4.78, 5) is 8.51. The lowest BCUT2D eigenvalue weighted by Gasteiger charge is -2.45. The van der Waals surface area contributed by atoms with Crippen LogP contribution in [0, 0.1) is 0 Å². The number of aromatic nitrogens is 1. The number of fused-ring (bicyclic) bond motifs is 2. The Labute approximate surface area is 156 Å². The van der Waals surface area contributed by atoms with Crippen LogP contribution in [0.3, 0.4) is 0 Å². The van der Waals surface area contributed by atoms with Crippen molar-refractivity contribution >= 4 is 32.3 Å². The summed E-state index contributed by atoms with van der Waals surface area (Å²) in [5.74, 6) is 0. The summed E-state index contributed by atoms with van der Waals surface area (Å²) in [5.41, 5.74) is 1.96. The Bertz CT molecular complexity index is 1070. The van der Waals surface area contributed by atoms with Crippen LogP contribution in [0.1, 0.15) is 10.4 Å². The SMILES string of the molecule is O=S(=O)(c1cccc2cccnc12)N1CC(N2CCc3sccc3C2)C1. The predicted octanol–water partition coefficient (Wildman–Crippen LogP) is 2.73. The minimum absolute atomic E-state index is 0.306. The molecule has 3 aromatic rings. The van der Waals surface area contributed by atoms with Gasteiger partial charge in [0.15, 0.2) is 0 Å². The summed E-state index contributed by atoms with van der Waals surface area (Å²) < 4.78 is 27.8. The zero-order valence-corrected chi connectivity index (χ0v) is 15.8. The van der Waals surface area contributed by atoms with E-state index in [2.05, 4.69) is 21.3 Å². The molecule has 1 fully saturated rings. The number of nitrogens with zero attached hydrogens (tertiary/aromatic N) is 3. The Kier molecular flexibility index (Phi) is 3.86. The van der Waals surface area contributed by atoms with E-state index in [0.29, 0.717) is 29.5 Å². The number of hydrogen-bond acceptors (Lipinski definition) is 5. The molecule has 7 heteroatoms. The van der Waals surface area contributed by atoms with Crippen LogP contribution in [0.5, 0.6) is 0 Å². The van der Waals surface area contributed by atoms with E-state index in [1.54, 1.807) is 22.6 Å². The molecule has 5 nitrogen and oxygen atoms in total. The molecule has 0 radical (unpaired) electrons. The minimum Gasteiger partial charge on any atom is -0.293 e. The van der Waals surface area contributed by atoms with Crippen molar-refractivity contribution in [3.63, 3.8) is 0 Å². The maximum absolute atomic E-state index is 13.1. The first-order valence-electron chi connectivity index (χ1n) is 8.76. The first-order valence-corrected chi connectivity index (χ1v) is 11.1. The molecule has 0 spiro atoms. The molecular formula is C19H19N3O2S2. The van der Waals surface area contributed by atoms with Gasteiger partial charge in [0.2, 0.25) is 10.0 Å². The van der Waals surface area contributed by atoms with Gasteiger partial charge in [-0.25, -0.2) is 8.42 Å². The van der Waals surface area contributed by atoms with E-state index in [-0.39, 0.29) is 0 Å². The fourth-order valence-electron chi connectivity index (χ4n) is 3.85. The summed E-state index contributed by atoms with van der Waals surface area (Å²) in [6.45, 7) is 3.07. The number of rotatable bonds is 3. The van der Waals surface area contributed by atoms with Crippen molar-refractivity contribution in [3.8, 4) is 0 Å². The highest BCUT2D eigenvalue weighted by Crippen LogP contribution is 2.31. The smallest absolute Gasteiger partial charge is 0.245 e. The van der Waals surface area contributed by atoms with Gasteiger partial charge < -0.3 is 0 Å².